The van der Waals surface area contributed by atoms with Crippen molar-refractivity contribution >= 4 is 11.7 Å². The molecule has 22 heavy (non-hydrogen) atoms. The quantitative estimate of drug-likeness (QED) is 0.792. The maximum atomic E-state index is 12.1. The van der Waals surface area contributed by atoms with Crippen LogP contribution in [0.5, 0.6) is 5.75 Å². The van der Waals surface area contributed by atoms with Crippen molar-refractivity contribution in [3.63, 3.8) is 0 Å². The highest BCUT2D eigenvalue weighted by atomic mass is 16.5. The third kappa shape index (κ3) is 5.22. The summed E-state index contributed by atoms with van der Waals surface area (Å²) in [6.45, 7) is 3.28. The molecule has 1 aromatic carbocycles. The number of carbonyl (C=O) groups is 1. The molecule has 5 heteroatoms. The zero-order chi connectivity index (χ0) is 15.8. The SMILES string of the molecule is COCCOc1ccc(NC(=O)NC2CCCCC2C)cc1. The summed E-state index contributed by atoms with van der Waals surface area (Å²) in [5, 5.41) is 5.95. The van der Waals surface area contributed by atoms with Gasteiger partial charge >= 0.3 is 6.03 Å². The van der Waals surface area contributed by atoms with Gasteiger partial charge in [-0.1, -0.05) is 19.8 Å². The highest BCUT2D eigenvalue weighted by molar-refractivity contribution is 5.89. The molecule has 2 N–H and O–H groups in total. The minimum Gasteiger partial charge on any atom is -0.491 e. The van der Waals surface area contributed by atoms with E-state index in [1.165, 1.54) is 19.3 Å². The fourth-order valence-electron chi connectivity index (χ4n) is 2.74. The van der Waals surface area contributed by atoms with Crippen LogP contribution in [0.4, 0.5) is 10.5 Å². The highest BCUT2D eigenvalue weighted by Gasteiger charge is 2.22. The predicted molar refractivity (Wildman–Crippen MR) is 87.4 cm³/mol. The summed E-state index contributed by atoms with van der Waals surface area (Å²) in [5.41, 5.74) is 0.764. The van der Waals surface area contributed by atoms with E-state index in [1.807, 2.05) is 24.3 Å². The first-order valence-corrected chi connectivity index (χ1v) is 7.98. The lowest BCUT2D eigenvalue weighted by molar-refractivity contribution is 0.146. The maximum absolute atomic E-state index is 12.1. The number of hydrogen-bond acceptors (Lipinski definition) is 3. The van der Waals surface area contributed by atoms with E-state index in [4.69, 9.17) is 9.47 Å². The standard InChI is InChI=1S/C17H26N2O3/c1-13-5-3-4-6-16(13)19-17(20)18-14-7-9-15(10-8-14)22-12-11-21-2/h7-10,13,16H,3-6,11-12H2,1-2H3,(H2,18,19,20). The fraction of sp³-hybridized carbons (Fsp3) is 0.588. The first-order valence-electron chi connectivity index (χ1n) is 7.98. The van der Waals surface area contributed by atoms with E-state index in [1.54, 1.807) is 7.11 Å². The molecule has 0 aliphatic heterocycles. The van der Waals surface area contributed by atoms with Crippen LogP contribution in [0.25, 0.3) is 0 Å². The number of anilines is 1. The molecular formula is C17H26N2O3. The van der Waals surface area contributed by atoms with Crippen LogP contribution >= 0.6 is 0 Å². The van der Waals surface area contributed by atoms with E-state index < -0.39 is 0 Å². The van der Waals surface area contributed by atoms with Gasteiger partial charge in [0.2, 0.25) is 0 Å². The molecule has 0 radical (unpaired) electrons. The Labute approximate surface area is 132 Å². The Kier molecular flexibility index (Phi) is 6.52. The van der Waals surface area contributed by atoms with Gasteiger partial charge in [0.05, 0.1) is 6.61 Å². The van der Waals surface area contributed by atoms with Crippen molar-refractivity contribution in [2.45, 2.75) is 38.6 Å². The minimum absolute atomic E-state index is 0.133. The third-order valence-corrected chi connectivity index (χ3v) is 4.10. The van der Waals surface area contributed by atoms with Crippen LogP contribution in [0, 0.1) is 5.92 Å². The Hall–Kier alpha value is -1.75. The lowest BCUT2D eigenvalue weighted by Crippen LogP contribution is -2.43. The number of benzene rings is 1. The molecule has 1 saturated carbocycles. The van der Waals surface area contributed by atoms with Gasteiger partial charge in [-0.05, 0) is 43.0 Å². The van der Waals surface area contributed by atoms with Crippen LogP contribution < -0.4 is 15.4 Å². The molecule has 5 nitrogen and oxygen atoms in total. The number of nitrogens with one attached hydrogen (secondary N) is 2. The van der Waals surface area contributed by atoms with Crippen LogP contribution in [0.2, 0.25) is 0 Å². The highest BCUT2D eigenvalue weighted by Crippen LogP contribution is 2.24. The van der Waals surface area contributed by atoms with Crippen LogP contribution in [-0.2, 0) is 4.74 Å². The average molecular weight is 306 g/mol. The van der Waals surface area contributed by atoms with Gasteiger partial charge in [0.25, 0.3) is 0 Å². The van der Waals surface area contributed by atoms with Gasteiger partial charge in [0, 0.05) is 18.8 Å². The molecule has 0 spiro atoms. The second-order valence-electron chi connectivity index (χ2n) is 5.83. The molecule has 1 aliphatic rings. The zero-order valence-electron chi connectivity index (χ0n) is 13.4. The van der Waals surface area contributed by atoms with E-state index >= 15 is 0 Å². The van der Waals surface area contributed by atoms with Gasteiger partial charge < -0.3 is 20.1 Å². The van der Waals surface area contributed by atoms with Crippen molar-refractivity contribution in [2.75, 3.05) is 25.6 Å². The summed E-state index contributed by atoms with van der Waals surface area (Å²) in [5.74, 6) is 1.32. The number of hydrogen-bond donors (Lipinski definition) is 2. The summed E-state index contributed by atoms with van der Waals surface area (Å²) in [6, 6.07) is 7.51. The van der Waals surface area contributed by atoms with Crippen molar-refractivity contribution in [1.82, 2.24) is 5.32 Å². The van der Waals surface area contributed by atoms with E-state index in [0.717, 1.165) is 17.9 Å². The summed E-state index contributed by atoms with van der Waals surface area (Å²) in [4.78, 5) is 12.1. The van der Waals surface area contributed by atoms with E-state index in [9.17, 15) is 4.79 Å². The Balaban J connectivity index is 1.78. The number of ether oxygens (including phenoxy) is 2. The third-order valence-electron chi connectivity index (χ3n) is 4.10. The molecule has 0 saturated heterocycles. The summed E-state index contributed by atoms with van der Waals surface area (Å²) in [7, 11) is 1.64. The topological polar surface area (TPSA) is 59.6 Å². The van der Waals surface area contributed by atoms with Gasteiger partial charge in [0.1, 0.15) is 12.4 Å². The minimum atomic E-state index is -0.133. The van der Waals surface area contributed by atoms with Gasteiger partial charge in [-0.15, -0.1) is 0 Å². The molecule has 0 heterocycles. The molecular weight excluding hydrogens is 280 g/mol. The van der Waals surface area contributed by atoms with Crippen molar-refractivity contribution < 1.29 is 14.3 Å². The van der Waals surface area contributed by atoms with Crippen molar-refractivity contribution in [1.29, 1.82) is 0 Å². The fourth-order valence-corrected chi connectivity index (χ4v) is 2.74. The van der Waals surface area contributed by atoms with Crippen molar-refractivity contribution in [3.05, 3.63) is 24.3 Å². The summed E-state index contributed by atoms with van der Waals surface area (Å²) in [6.07, 6.45) is 4.73. The normalized spacial score (nSPS) is 21.2. The second kappa shape index (κ2) is 8.63. The van der Waals surface area contributed by atoms with E-state index in [0.29, 0.717) is 19.1 Å². The predicted octanol–water partition coefficient (Wildman–Crippen LogP) is 3.41. The van der Waals surface area contributed by atoms with Gasteiger partial charge in [-0.3, -0.25) is 0 Å². The Bertz CT molecular complexity index is 461. The molecule has 2 atom stereocenters. The van der Waals surface area contributed by atoms with Crippen LogP contribution in [0.3, 0.4) is 0 Å². The zero-order valence-corrected chi connectivity index (χ0v) is 13.4. The molecule has 1 fully saturated rings. The first-order chi connectivity index (χ1) is 10.7. The smallest absolute Gasteiger partial charge is 0.319 e. The number of methoxy groups -OCH3 is 1. The lowest BCUT2D eigenvalue weighted by atomic mass is 9.86. The number of amides is 2. The summed E-state index contributed by atoms with van der Waals surface area (Å²) >= 11 is 0. The molecule has 1 aromatic rings. The van der Waals surface area contributed by atoms with Crippen LogP contribution in [0.1, 0.15) is 32.6 Å². The molecule has 0 aromatic heterocycles. The van der Waals surface area contributed by atoms with Crippen LogP contribution in [-0.4, -0.2) is 32.4 Å². The van der Waals surface area contributed by atoms with Crippen LogP contribution in [0.15, 0.2) is 24.3 Å². The summed E-state index contributed by atoms with van der Waals surface area (Å²) < 4.78 is 10.4. The van der Waals surface area contributed by atoms with Gasteiger partial charge in [-0.25, -0.2) is 4.79 Å². The van der Waals surface area contributed by atoms with Gasteiger partial charge in [0.15, 0.2) is 0 Å². The Morgan fingerprint density at radius 1 is 1.18 bits per heavy atom. The molecule has 122 valence electrons. The van der Waals surface area contributed by atoms with Crippen molar-refractivity contribution in [2.24, 2.45) is 5.92 Å². The van der Waals surface area contributed by atoms with Gasteiger partial charge in [-0.2, -0.15) is 0 Å². The lowest BCUT2D eigenvalue weighted by Gasteiger charge is -2.29. The average Bonchev–Trinajstić information content (AvgIpc) is 2.51. The molecule has 2 amide bonds. The first kappa shape index (κ1) is 16.6. The largest absolute Gasteiger partial charge is 0.491 e. The molecule has 2 rings (SSSR count). The molecule has 2 unspecified atom stereocenters. The number of carbonyl (C=O) groups excluding carboxylic acids is 1. The van der Waals surface area contributed by atoms with E-state index in [-0.39, 0.29) is 12.1 Å². The van der Waals surface area contributed by atoms with E-state index in [2.05, 4.69) is 17.6 Å². The number of rotatable bonds is 6. The number of urea groups is 1. The molecule has 0 bridgehead atoms. The molecule has 1 aliphatic carbocycles. The Morgan fingerprint density at radius 2 is 1.91 bits per heavy atom. The Morgan fingerprint density at radius 3 is 2.59 bits per heavy atom. The maximum Gasteiger partial charge on any atom is 0.319 e. The van der Waals surface area contributed by atoms with Crippen molar-refractivity contribution in [3.8, 4) is 5.75 Å². The second-order valence-corrected chi connectivity index (χ2v) is 5.83. The monoisotopic (exact) mass is 306 g/mol.